The lowest BCUT2D eigenvalue weighted by Crippen LogP contribution is -2.33. The van der Waals surface area contributed by atoms with Gasteiger partial charge in [-0.1, -0.05) is 29.8 Å². The number of ether oxygens (including phenoxy) is 1. The number of aromatic nitrogens is 2. The minimum atomic E-state index is -0.411. The highest BCUT2D eigenvalue weighted by Crippen LogP contribution is 2.27. The van der Waals surface area contributed by atoms with Gasteiger partial charge in [0.25, 0.3) is 0 Å². The van der Waals surface area contributed by atoms with Crippen molar-refractivity contribution in [1.82, 2.24) is 14.9 Å². The number of methoxy groups -OCH3 is 1. The van der Waals surface area contributed by atoms with Crippen molar-refractivity contribution in [3.8, 4) is 0 Å². The standard InChI is InChI=1S/C14H16ClN3O2/c1-18-8-7-16-14(18)13(17-12(19)9-20-2)10-5-3-4-6-11(10)15/h3-8,13H,9H2,1-2H3,(H,17,19). The Bertz CT molecular complexity index is 598. The van der Waals surface area contributed by atoms with Gasteiger partial charge in [0.15, 0.2) is 0 Å². The van der Waals surface area contributed by atoms with E-state index in [2.05, 4.69) is 10.3 Å². The summed E-state index contributed by atoms with van der Waals surface area (Å²) in [6.07, 6.45) is 3.50. The molecule has 1 N–H and O–H groups in total. The Hall–Kier alpha value is -1.85. The zero-order valence-corrected chi connectivity index (χ0v) is 12.1. The molecule has 20 heavy (non-hydrogen) atoms. The Labute approximate surface area is 122 Å². The van der Waals surface area contributed by atoms with Crippen LogP contribution in [0.2, 0.25) is 5.02 Å². The molecule has 0 bridgehead atoms. The minimum absolute atomic E-state index is 0.00856. The highest BCUT2D eigenvalue weighted by molar-refractivity contribution is 6.31. The Morgan fingerprint density at radius 3 is 2.85 bits per heavy atom. The quantitative estimate of drug-likeness (QED) is 0.916. The molecule has 2 aromatic rings. The molecule has 1 aromatic heterocycles. The highest BCUT2D eigenvalue weighted by atomic mass is 35.5. The molecule has 0 saturated carbocycles. The molecule has 1 heterocycles. The number of carbonyl (C=O) groups is 1. The molecule has 106 valence electrons. The largest absolute Gasteiger partial charge is 0.375 e. The number of nitrogens with zero attached hydrogens (tertiary/aromatic N) is 2. The van der Waals surface area contributed by atoms with Crippen LogP contribution in [0.25, 0.3) is 0 Å². The zero-order valence-electron chi connectivity index (χ0n) is 11.3. The molecular weight excluding hydrogens is 278 g/mol. The van der Waals surface area contributed by atoms with E-state index in [1.54, 1.807) is 12.3 Å². The van der Waals surface area contributed by atoms with Crippen molar-refractivity contribution in [3.05, 3.63) is 53.1 Å². The first kappa shape index (κ1) is 14.6. The summed E-state index contributed by atoms with van der Waals surface area (Å²) in [5.41, 5.74) is 0.799. The van der Waals surface area contributed by atoms with Crippen LogP contribution < -0.4 is 5.32 Å². The Morgan fingerprint density at radius 1 is 1.50 bits per heavy atom. The molecule has 1 unspecified atom stereocenters. The summed E-state index contributed by atoms with van der Waals surface area (Å²) in [6, 6.07) is 6.97. The van der Waals surface area contributed by atoms with Gasteiger partial charge in [-0.15, -0.1) is 0 Å². The fourth-order valence-corrected chi connectivity index (χ4v) is 2.22. The highest BCUT2D eigenvalue weighted by Gasteiger charge is 2.22. The van der Waals surface area contributed by atoms with Crippen molar-refractivity contribution in [3.63, 3.8) is 0 Å². The maximum atomic E-state index is 11.8. The summed E-state index contributed by atoms with van der Waals surface area (Å²) >= 11 is 6.23. The number of rotatable bonds is 5. The van der Waals surface area contributed by atoms with Crippen LogP contribution in [-0.4, -0.2) is 29.2 Å². The average Bonchev–Trinajstić information content (AvgIpc) is 2.83. The molecule has 1 amide bonds. The fraction of sp³-hybridized carbons (Fsp3) is 0.286. The second-order valence-corrected chi connectivity index (χ2v) is 4.76. The van der Waals surface area contributed by atoms with Gasteiger partial charge in [0.1, 0.15) is 18.5 Å². The molecule has 6 heteroatoms. The predicted octanol–water partition coefficient (Wildman–Crippen LogP) is 1.93. The van der Waals surface area contributed by atoms with Gasteiger partial charge in [0.2, 0.25) is 5.91 Å². The molecule has 0 aliphatic heterocycles. The topological polar surface area (TPSA) is 56.1 Å². The molecule has 0 radical (unpaired) electrons. The molecule has 1 aromatic carbocycles. The van der Waals surface area contributed by atoms with Crippen molar-refractivity contribution in [2.24, 2.45) is 7.05 Å². The van der Waals surface area contributed by atoms with E-state index in [0.29, 0.717) is 10.8 Å². The molecule has 0 aliphatic carbocycles. The van der Waals surface area contributed by atoms with Crippen molar-refractivity contribution in [1.29, 1.82) is 0 Å². The van der Waals surface area contributed by atoms with Gasteiger partial charge in [-0.2, -0.15) is 0 Å². The number of carbonyl (C=O) groups excluding carboxylic acids is 1. The van der Waals surface area contributed by atoms with Gasteiger partial charge in [0, 0.05) is 37.1 Å². The number of nitrogens with one attached hydrogen (secondary N) is 1. The van der Waals surface area contributed by atoms with E-state index in [1.165, 1.54) is 7.11 Å². The summed E-state index contributed by atoms with van der Waals surface area (Å²) in [5.74, 6) is 0.489. The lowest BCUT2D eigenvalue weighted by Gasteiger charge is -2.20. The molecule has 0 saturated heterocycles. The lowest BCUT2D eigenvalue weighted by molar-refractivity contribution is -0.125. The molecule has 0 spiro atoms. The molecule has 1 atom stereocenters. The third-order valence-corrected chi connectivity index (χ3v) is 3.26. The summed E-state index contributed by atoms with van der Waals surface area (Å²) in [5, 5.41) is 3.47. The van der Waals surface area contributed by atoms with E-state index in [4.69, 9.17) is 16.3 Å². The summed E-state index contributed by atoms with van der Waals surface area (Å²) in [6.45, 7) is -0.00856. The van der Waals surface area contributed by atoms with Gasteiger partial charge in [-0.05, 0) is 6.07 Å². The van der Waals surface area contributed by atoms with Crippen LogP contribution in [0.3, 0.4) is 0 Å². The smallest absolute Gasteiger partial charge is 0.246 e. The number of amides is 1. The van der Waals surface area contributed by atoms with Gasteiger partial charge in [-0.3, -0.25) is 4.79 Å². The first-order valence-electron chi connectivity index (χ1n) is 6.13. The van der Waals surface area contributed by atoms with Crippen LogP contribution in [-0.2, 0) is 16.6 Å². The lowest BCUT2D eigenvalue weighted by atomic mass is 10.1. The van der Waals surface area contributed by atoms with E-state index in [9.17, 15) is 4.79 Å². The van der Waals surface area contributed by atoms with E-state index < -0.39 is 6.04 Å². The minimum Gasteiger partial charge on any atom is -0.375 e. The van der Waals surface area contributed by atoms with Crippen LogP contribution in [0.15, 0.2) is 36.7 Å². The first-order valence-corrected chi connectivity index (χ1v) is 6.51. The van der Waals surface area contributed by atoms with Crippen molar-refractivity contribution >= 4 is 17.5 Å². The number of halogens is 1. The second kappa shape index (κ2) is 6.54. The van der Waals surface area contributed by atoms with Crippen LogP contribution in [0.5, 0.6) is 0 Å². The van der Waals surface area contributed by atoms with Crippen LogP contribution in [0.4, 0.5) is 0 Å². The van der Waals surface area contributed by atoms with E-state index in [-0.39, 0.29) is 12.5 Å². The molecule has 5 nitrogen and oxygen atoms in total. The summed E-state index contributed by atoms with van der Waals surface area (Å²) in [7, 11) is 3.35. The SMILES string of the molecule is COCC(=O)NC(c1ccccc1Cl)c1nccn1C. The van der Waals surface area contributed by atoms with Gasteiger partial charge < -0.3 is 14.6 Å². The van der Waals surface area contributed by atoms with Crippen molar-refractivity contribution in [2.45, 2.75) is 6.04 Å². The van der Waals surface area contributed by atoms with Crippen LogP contribution >= 0.6 is 11.6 Å². The maximum absolute atomic E-state index is 11.8. The van der Waals surface area contributed by atoms with E-state index >= 15 is 0 Å². The number of imidazole rings is 1. The normalized spacial score (nSPS) is 12.2. The summed E-state index contributed by atoms with van der Waals surface area (Å²) < 4.78 is 6.69. The third kappa shape index (κ3) is 3.18. The van der Waals surface area contributed by atoms with E-state index in [0.717, 1.165) is 5.56 Å². The third-order valence-electron chi connectivity index (χ3n) is 2.91. The van der Waals surface area contributed by atoms with Gasteiger partial charge in [-0.25, -0.2) is 4.98 Å². The number of hydrogen-bond donors (Lipinski definition) is 1. The first-order chi connectivity index (χ1) is 9.63. The fourth-order valence-electron chi connectivity index (χ4n) is 1.98. The van der Waals surface area contributed by atoms with Crippen molar-refractivity contribution < 1.29 is 9.53 Å². The van der Waals surface area contributed by atoms with E-state index in [1.807, 2.05) is 36.0 Å². The number of aryl methyl sites for hydroxylation is 1. The molecule has 0 aliphatic rings. The van der Waals surface area contributed by atoms with Crippen molar-refractivity contribution in [2.75, 3.05) is 13.7 Å². The maximum Gasteiger partial charge on any atom is 0.246 e. The van der Waals surface area contributed by atoms with Crippen LogP contribution in [0, 0.1) is 0 Å². The van der Waals surface area contributed by atoms with Gasteiger partial charge in [0.05, 0.1) is 0 Å². The summed E-state index contributed by atoms with van der Waals surface area (Å²) in [4.78, 5) is 16.1. The Balaban J connectivity index is 2.37. The molecule has 2 rings (SSSR count). The number of benzene rings is 1. The molecular formula is C14H16ClN3O2. The zero-order chi connectivity index (χ0) is 14.5. The molecule has 0 fully saturated rings. The predicted molar refractivity (Wildman–Crippen MR) is 76.5 cm³/mol. The Morgan fingerprint density at radius 2 is 2.25 bits per heavy atom. The monoisotopic (exact) mass is 293 g/mol. The van der Waals surface area contributed by atoms with Gasteiger partial charge >= 0.3 is 0 Å². The number of hydrogen-bond acceptors (Lipinski definition) is 3. The van der Waals surface area contributed by atoms with Crippen LogP contribution in [0.1, 0.15) is 17.4 Å². The Kier molecular flexibility index (Phi) is 4.76. The average molecular weight is 294 g/mol. The second-order valence-electron chi connectivity index (χ2n) is 4.35.